The van der Waals surface area contributed by atoms with Crippen LogP contribution in [0.1, 0.15) is 38.5 Å². The molecule has 2 fully saturated rings. The molecule has 0 bridgehead atoms. The lowest BCUT2D eigenvalue weighted by Crippen LogP contribution is -2.29. The van der Waals surface area contributed by atoms with Crippen molar-refractivity contribution in [2.24, 2.45) is 11.8 Å². The summed E-state index contributed by atoms with van der Waals surface area (Å²) in [5, 5.41) is 3.62. The quantitative estimate of drug-likeness (QED) is 0.746. The van der Waals surface area contributed by atoms with Gasteiger partial charge in [0.25, 0.3) is 0 Å². The van der Waals surface area contributed by atoms with Crippen molar-refractivity contribution in [3.8, 4) is 0 Å². The Hall–Kier alpha value is -0.0800. The Morgan fingerprint density at radius 3 is 2.43 bits per heavy atom. The Labute approximate surface area is 87.4 Å². The second-order valence-electron chi connectivity index (χ2n) is 4.89. The van der Waals surface area contributed by atoms with Gasteiger partial charge in [-0.1, -0.05) is 19.3 Å². The SMILES string of the molecule is C1CCC(CNCC2CCOC2)CC1. The highest BCUT2D eigenvalue weighted by molar-refractivity contribution is 4.71. The molecule has 2 nitrogen and oxygen atoms in total. The van der Waals surface area contributed by atoms with Crippen molar-refractivity contribution in [3.05, 3.63) is 0 Å². The second-order valence-corrected chi connectivity index (χ2v) is 4.89. The number of ether oxygens (including phenoxy) is 1. The van der Waals surface area contributed by atoms with Gasteiger partial charge < -0.3 is 10.1 Å². The van der Waals surface area contributed by atoms with Crippen LogP contribution < -0.4 is 5.32 Å². The monoisotopic (exact) mass is 197 g/mol. The fourth-order valence-corrected chi connectivity index (χ4v) is 2.63. The maximum Gasteiger partial charge on any atom is 0.0507 e. The van der Waals surface area contributed by atoms with E-state index in [1.807, 2.05) is 0 Å². The number of rotatable bonds is 4. The van der Waals surface area contributed by atoms with E-state index >= 15 is 0 Å². The summed E-state index contributed by atoms with van der Waals surface area (Å²) in [7, 11) is 0. The molecule has 1 aliphatic heterocycles. The molecule has 2 aliphatic rings. The Kier molecular flexibility index (Phi) is 4.26. The zero-order valence-corrected chi connectivity index (χ0v) is 9.13. The minimum Gasteiger partial charge on any atom is -0.381 e. The highest BCUT2D eigenvalue weighted by atomic mass is 16.5. The van der Waals surface area contributed by atoms with Crippen molar-refractivity contribution >= 4 is 0 Å². The van der Waals surface area contributed by atoms with Gasteiger partial charge >= 0.3 is 0 Å². The molecule has 0 amide bonds. The van der Waals surface area contributed by atoms with E-state index in [1.165, 1.54) is 51.6 Å². The predicted molar refractivity (Wildman–Crippen MR) is 58.4 cm³/mol. The van der Waals surface area contributed by atoms with Gasteiger partial charge in [0, 0.05) is 13.2 Å². The van der Waals surface area contributed by atoms with Crippen LogP contribution in [-0.4, -0.2) is 26.3 Å². The maximum absolute atomic E-state index is 5.36. The van der Waals surface area contributed by atoms with Crippen molar-refractivity contribution in [1.82, 2.24) is 5.32 Å². The molecule has 0 aromatic carbocycles. The van der Waals surface area contributed by atoms with Crippen molar-refractivity contribution in [2.75, 3.05) is 26.3 Å². The van der Waals surface area contributed by atoms with Crippen LogP contribution in [0.15, 0.2) is 0 Å². The molecule has 82 valence electrons. The Bertz CT molecular complexity index is 148. The van der Waals surface area contributed by atoms with Crippen LogP contribution in [0.5, 0.6) is 0 Å². The van der Waals surface area contributed by atoms with E-state index < -0.39 is 0 Å². The van der Waals surface area contributed by atoms with E-state index in [1.54, 1.807) is 0 Å². The van der Waals surface area contributed by atoms with Gasteiger partial charge in [-0.15, -0.1) is 0 Å². The van der Waals surface area contributed by atoms with Gasteiger partial charge in [-0.05, 0) is 37.6 Å². The zero-order chi connectivity index (χ0) is 9.64. The average Bonchev–Trinajstić information content (AvgIpc) is 2.72. The smallest absolute Gasteiger partial charge is 0.0507 e. The van der Waals surface area contributed by atoms with Gasteiger partial charge in [0.05, 0.1) is 6.61 Å². The highest BCUT2D eigenvalue weighted by Gasteiger charge is 2.17. The lowest BCUT2D eigenvalue weighted by molar-refractivity contribution is 0.184. The summed E-state index contributed by atoms with van der Waals surface area (Å²) in [6, 6.07) is 0. The zero-order valence-electron chi connectivity index (χ0n) is 9.13. The molecule has 0 aromatic heterocycles. The Morgan fingerprint density at radius 2 is 1.71 bits per heavy atom. The van der Waals surface area contributed by atoms with Crippen LogP contribution >= 0.6 is 0 Å². The molecule has 1 unspecified atom stereocenters. The van der Waals surface area contributed by atoms with Crippen LogP contribution in [0.25, 0.3) is 0 Å². The summed E-state index contributed by atoms with van der Waals surface area (Å²) < 4.78 is 5.36. The van der Waals surface area contributed by atoms with Gasteiger partial charge in [0.15, 0.2) is 0 Å². The molecule has 14 heavy (non-hydrogen) atoms. The van der Waals surface area contributed by atoms with E-state index in [9.17, 15) is 0 Å². The van der Waals surface area contributed by atoms with E-state index in [-0.39, 0.29) is 0 Å². The molecule has 0 aromatic rings. The van der Waals surface area contributed by atoms with E-state index in [4.69, 9.17) is 4.74 Å². The Balaban J connectivity index is 1.52. The molecular formula is C12H23NO. The molecule has 1 saturated carbocycles. The van der Waals surface area contributed by atoms with Crippen molar-refractivity contribution in [2.45, 2.75) is 38.5 Å². The van der Waals surface area contributed by atoms with Gasteiger partial charge in [0.1, 0.15) is 0 Å². The van der Waals surface area contributed by atoms with E-state index in [0.717, 1.165) is 25.0 Å². The van der Waals surface area contributed by atoms with Crippen LogP contribution in [0.2, 0.25) is 0 Å². The first-order valence-corrected chi connectivity index (χ1v) is 6.23. The maximum atomic E-state index is 5.36. The van der Waals surface area contributed by atoms with Crippen molar-refractivity contribution in [3.63, 3.8) is 0 Å². The molecule has 1 N–H and O–H groups in total. The number of hydrogen-bond donors (Lipinski definition) is 1. The van der Waals surface area contributed by atoms with Crippen LogP contribution in [0.3, 0.4) is 0 Å². The van der Waals surface area contributed by atoms with E-state index in [0.29, 0.717) is 0 Å². The second kappa shape index (κ2) is 5.72. The lowest BCUT2D eigenvalue weighted by atomic mass is 9.89. The number of nitrogens with one attached hydrogen (secondary N) is 1. The van der Waals surface area contributed by atoms with Gasteiger partial charge in [-0.3, -0.25) is 0 Å². The third-order valence-corrected chi connectivity index (χ3v) is 3.61. The average molecular weight is 197 g/mol. The van der Waals surface area contributed by atoms with Gasteiger partial charge in [0.2, 0.25) is 0 Å². The predicted octanol–water partition coefficient (Wildman–Crippen LogP) is 2.19. The van der Waals surface area contributed by atoms with Gasteiger partial charge in [-0.2, -0.15) is 0 Å². The molecule has 0 spiro atoms. The molecule has 1 aliphatic carbocycles. The van der Waals surface area contributed by atoms with Crippen LogP contribution in [0.4, 0.5) is 0 Å². The highest BCUT2D eigenvalue weighted by Crippen LogP contribution is 2.22. The first-order valence-electron chi connectivity index (χ1n) is 6.23. The van der Waals surface area contributed by atoms with Gasteiger partial charge in [-0.25, -0.2) is 0 Å². The summed E-state index contributed by atoms with van der Waals surface area (Å²) in [5.74, 6) is 1.75. The fraction of sp³-hybridized carbons (Fsp3) is 1.00. The van der Waals surface area contributed by atoms with Crippen molar-refractivity contribution < 1.29 is 4.74 Å². The fourth-order valence-electron chi connectivity index (χ4n) is 2.63. The van der Waals surface area contributed by atoms with E-state index in [2.05, 4.69) is 5.32 Å². The molecule has 1 saturated heterocycles. The topological polar surface area (TPSA) is 21.3 Å². The largest absolute Gasteiger partial charge is 0.381 e. The molecule has 1 atom stereocenters. The summed E-state index contributed by atoms with van der Waals surface area (Å²) in [5.41, 5.74) is 0. The molecule has 2 rings (SSSR count). The summed E-state index contributed by atoms with van der Waals surface area (Å²) in [4.78, 5) is 0. The standard InChI is InChI=1S/C12H23NO/c1-2-4-11(5-3-1)8-13-9-12-6-7-14-10-12/h11-13H,1-10H2. The third kappa shape index (κ3) is 3.25. The normalized spacial score (nSPS) is 29.6. The summed E-state index contributed by atoms with van der Waals surface area (Å²) in [6.07, 6.45) is 8.55. The molecule has 1 heterocycles. The lowest BCUT2D eigenvalue weighted by Gasteiger charge is -2.22. The minimum atomic E-state index is 0.790. The summed E-state index contributed by atoms with van der Waals surface area (Å²) in [6.45, 7) is 4.39. The molecular weight excluding hydrogens is 174 g/mol. The first kappa shape index (κ1) is 10.4. The van der Waals surface area contributed by atoms with Crippen LogP contribution in [0, 0.1) is 11.8 Å². The summed E-state index contributed by atoms with van der Waals surface area (Å²) >= 11 is 0. The molecule has 2 heteroatoms. The number of hydrogen-bond acceptors (Lipinski definition) is 2. The Morgan fingerprint density at radius 1 is 0.929 bits per heavy atom. The first-order chi connectivity index (χ1) is 6.95. The van der Waals surface area contributed by atoms with Crippen molar-refractivity contribution in [1.29, 1.82) is 0 Å². The molecule has 0 radical (unpaired) electrons. The third-order valence-electron chi connectivity index (χ3n) is 3.61. The van der Waals surface area contributed by atoms with Crippen LogP contribution in [-0.2, 0) is 4.74 Å². The minimum absolute atomic E-state index is 0.790.